The third kappa shape index (κ3) is 4.87. The summed E-state index contributed by atoms with van der Waals surface area (Å²) in [4.78, 5) is 42.8. The fourth-order valence-electron chi connectivity index (χ4n) is 4.05. The number of fused-ring (bicyclic) bond motifs is 1. The lowest BCUT2D eigenvalue weighted by Gasteiger charge is -2.10. The highest BCUT2D eigenvalue weighted by Gasteiger charge is 2.18. The Labute approximate surface area is 215 Å². The van der Waals surface area contributed by atoms with E-state index in [1.165, 1.54) is 18.2 Å². The molecule has 0 aliphatic rings. The first-order valence-electron chi connectivity index (χ1n) is 11.4. The van der Waals surface area contributed by atoms with Gasteiger partial charge in [0.05, 0.1) is 42.1 Å². The Morgan fingerprint density at radius 1 is 1.03 bits per heavy atom. The van der Waals surface area contributed by atoms with Crippen LogP contribution in [-0.2, 0) is 11.2 Å². The number of rotatable bonds is 7. The summed E-state index contributed by atoms with van der Waals surface area (Å²) < 4.78 is 9.89. The second kappa shape index (κ2) is 10.2. The number of anilines is 2. The topological polar surface area (TPSA) is 166 Å². The summed E-state index contributed by atoms with van der Waals surface area (Å²) in [7, 11) is 1.55. The van der Waals surface area contributed by atoms with Gasteiger partial charge in [-0.3, -0.25) is 19.1 Å². The number of hydrogen-bond acceptors (Lipinski definition) is 7. The zero-order valence-corrected chi connectivity index (χ0v) is 20.0. The van der Waals surface area contributed by atoms with Crippen LogP contribution in [0, 0.1) is 11.3 Å². The molecular formula is C27H20N6O5. The van der Waals surface area contributed by atoms with Crippen LogP contribution in [0.4, 0.5) is 11.4 Å². The molecule has 0 unspecified atom stereocenters. The maximum atomic E-state index is 13.1. The molecular weight excluding hydrogens is 488 g/mol. The number of aromatic nitrogens is 3. The zero-order valence-electron chi connectivity index (χ0n) is 20.0. The number of nitrogens with zero attached hydrogens (tertiary/aromatic N) is 2. The SMILES string of the molecule is COc1ccccc1CC(=O)Nc1cccc2cc(C(=O)Nc3ccc(C#N)cc3-c3noc(=O)[nH]3)[nH]c12. The second-order valence-corrected chi connectivity index (χ2v) is 8.26. The Balaban J connectivity index is 1.39. The lowest BCUT2D eigenvalue weighted by atomic mass is 10.1. The van der Waals surface area contributed by atoms with Crippen LogP contribution in [0.1, 0.15) is 21.6 Å². The minimum atomic E-state index is -0.768. The fraction of sp³-hybridized carbons (Fsp3) is 0.0741. The summed E-state index contributed by atoms with van der Waals surface area (Å²) >= 11 is 0. The van der Waals surface area contributed by atoms with Gasteiger partial charge >= 0.3 is 5.76 Å². The first kappa shape index (κ1) is 24.1. The molecule has 5 rings (SSSR count). The molecule has 0 saturated carbocycles. The molecule has 0 bridgehead atoms. The molecule has 188 valence electrons. The van der Waals surface area contributed by atoms with Crippen molar-refractivity contribution in [1.82, 2.24) is 15.1 Å². The maximum Gasteiger partial charge on any atom is 0.439 e. The molecule has 5 aromatic rings. The van der Waals surface area contributed by atoms with Crippen LogP contribution in [0.15, 0.2) is 76.0 Å². The van der Waals surface area contributed by atoms with Gasteiger partial charge < -0.3 is 20.4 Å². The number of nitrogens with one attached hydrogen (secondary N) is 4. The van der Waals surface area contributed by atoms with Crippen LogP contribution < -0.4 is 21.1 Å². The van der Waals surface area contributed by atoms with Crippen LogP contribution in [0.2, 0.25) is 0 Å². The molecule has 0 radical (unpaired) electrons. The monoisotopic (exact) mass is 508 g/mol. The molecule has 0 aliphatic carbocycles. The molecule has 4 N–H and O–H groups in total. The molecule has 0 aliphatic heterocycles. The molecule has 2 heterocycles. The number of amides is 2. The van der Waals surface area contributed by atoms with Crippen molar-refractivity contribution in [2.75, 3.05) is 17.7 Å². The van der Waals surface area contributed by atoms with Gasteiger partial charge in [-0.15, -0.1) is 0 Å². The number of carbonyl (C=O) groups excluding carboxylic acids is 2. The van der Waals surface area contributed by atoms with Gasteiger partial charge in [0, 0.05) is 16.5 Å². The van der Waals surface area contributed by atoms with E-state index in [9.17, 15) is 19.6 Å². The zero-order chi connectivity index (χ0) is 26.6. The van der Waals surface area contributed by atoms with Crippen molar-refractivity contribution in [1.29, 1.82) is 5.26 Å². The minimum absolute atomic E-state index is 0.0686. The number of hydrogen-bond donors (Lipinski definition) is 4. The van der Waals surface area contributed by atoms with Gasteiger partial charge in [-0.1, -0.05) is 35.5 Å². The third-order valence-electron chi connectivity index (χ3n) is 5.81. The summed E-state index contributed by atoms with van der Waals surface area (Å²) in [5.74, 6) is -0.804. The molecule has 2 aromatic heterocycles. The Morgan fingerprint density at radius 2 is 1.87 bits per heavy atom. The molecule has 2 amide bonds. The Hall–Kier alpha value is -5.63. The molecule has 11 heteroatoms. The molecule has 11 nitrogen and oxygen atoms in total. The van der Waals surface area contributed by atoms with Crippen molar-refractivity contribution in [3.05, 3.63) is 94.1 Å². The molecule has 3 aromatic carbocycles. The Kier molecular flexibility index (Phi) is 6.44. The molecule has 0 atom stereocenters. The van der Waals surface area contributed by atoms with E-state index in [1.807, 2.05) is 30.3 Å². The third-order valence-corrected chi connectivity index (χ3v) is 5.81. The number of nitriles is 1. The van der Waals surface area contributed by atoms with Crippen LogP contribution in [-0.4, -0.2) is 34.0 Å². The minimum Gasteiger partial charge on any atom is -0.496 e. The number of methoxy groups -OCH3 is 1. The van der Waals surface area contributed by atoms with Gasteiger partial charge in [-0.05, 0) is 36.4 Å². The van der Waals surface area contributed by atoms with Gasteiger partial charge in [0.1, 0.15) is 11.4 Å². The summed E-state index contributed by atoms with van der Waals surface area (Å²) in [6.07, 6.45) is 0.111. The number of para-hydroxylation sites is 2. The summed E-state index contributed by atoms with van der Waals surface area (Å²) in [5, 5.41) is 19.3. The van der Waals surface area contributed by atoms with E-state index in [4.69, 9.17) is 4.74 Å². The maximum absolute atomic E-state index is 13.1. The highest BCUT2D eigenvalue weighted by molar-refractivity contribution is 6.09. The number of ether oxygens (including phenoxy) is 1. The first-order chi connectivity index (χ1) is 18.4. The normalized spacial score (nSPS) is 10.6. The number of H-pyrrole nitrogens is 2. The lowest BCUT2D eigenvalue weighted by molar-refractivity contribution is -0.115. The molecule has 38 heavy (non-hydrogen) atoms. The smallest absolute Gasteiger partial charge is 0.439 e. The van der Waals surface area contributed by atoms with Crippen molar-refractivity contribution in [3.8, 4) is 23.2 Å². The average molecular weight is 508 g/mol. The van der Waals surface area contributed by atoms with Gasteiger partial charge in [0.15, 0.2) is 5.82 Å². The predicted octanol–water partition coefficient (Wildman–Crippen LogP) is 3.82. The van der Waals surface area contributed by atoms with Crippen LogP contribution in [0.25, 0.3) is 22.3 Å². The Bertz CT molecular complexity index is 1770. The van der Waals surface area contributed by atoms with Crippen molar-refractivity contribution >= 4 is 34.1 Å². The number of carbonyl (C=O) groups is 2. The fourth-order valence-corrected chi connectivity index (χ4v) is 4.05. The van der Waals surface area contributed by atoms with E-state index in [-0.39, 0.29) is 23.8 Å². The largest absolute Gasteiger partial charge is 0.496 e. The van der Waals surface area contributed by atoms with Gasteiger partial charge in [-0.2, -0.15) is 5.26 Å². The van der Waals surface area contributed by atoms with Crippen molar-refractivity contribution in [2.24, 2.45) is 0 Å². The van der Waals surface area contributed by atoms with Gasteiger partial charge in [0.25, 0.3) is 5.91 Å². The predicted molar refractivity (Wildman–Crippen MR) is 139 cm³/mol. The van der Waals surface area contributed by atoms with E-state index in [1.54, 1.807) is 31.4 Å². The highest BCUT2D eigenvalue weighted by atomic mass is 16.5. The summed E-state index contributed by atoms with van der Waals surface area (Å²) in [6.45, 7) is 0. The van der Waals surface area contributed by atoms with E-state index in [0.29, 0.717) is 39.2 Å². The van der Waals surface area contributed by atoms with Gasteiger partial charge in [-0.25, -0.2) is 4.79 Å². The quantitative estimate of drug-likeness (QED) is 0.259. The van der Waals surface area contributed by atoms with E-state index < -0.39 is 11.7 Å². The molecule has 0 saturated heterocycles. The van der Waals surface area contributed by atoms with Crippen LogP contribution in [0.5, 0.6) is 5.75 Å². The summed E-state index contributed by atoms with van der Waals surface area (Å²) in [6, 6.07) is 20.8. The van der Waals surface area contributed by atoms with E-state index in [2.05, 4.69) is 30.3 Å². The highest BCUT2D eigenvalue weighted by Crippen LogP contribution is 2.28. The molecule has 0 spiro atoms. The van der Waals surface area contributed by atoms with Crippen molar-refractivity contribution in [2.45, 2.75) is 6.42 Å². The average Bonchev–Trinajstić information content (AvgIpc) is 3.56. The lowest BCUT2D eigenvalue weighted by Crippen LogP contribution is -2.15. The summed E-state index contributed by atoms with van der Waals surface area (Å²) in [5.41, 5.74) is 2.99. The van der Waals surface area contributed by atoms with Gasteiger partial charge in [0.2, 0.25) is 5.91 Å². The standard InChI is InChI=1S/C27H20N6O5/c1-37-22-8-3-2-5-16(22)13-23(34)29-20-7-4-6-17-12-21(30-24(17)20)26(35)31-19-10-9-15(14-28)11-18(19)25-32-27(36)38-33-25/h2-12,30H,13H2,1H3,(H,29,34)(H,31,35)(H,32,33,36). The first-order valence-corrected chi connectivity index (χ1v) is 11.4. The van der Waals surface area contributed by atoms with E-state index in [0.717, 1.165) is 5.56 Å². The van der Waals surface area contributed by atoms with Crippen LogP contribution >= 0.6 is 0 Å². The number of benzene rings is 3. The number of aromatic amines is 2. The Morgan fingerprint density at radius 3 is 2.63 bits per heavy atom. The second-order valence-electron chi connectivity index (χ2n) is 8.26. The van der Waals surface area contributed by atoms with Crippen molar-refractivity contribution < 1.29 is 18.8 Å². The molecule has 0 fully saturated rings. The van der Waals surface area contributed by atoms with Crippen LogP contribution in [0.3, 0.4) is 0 Å². The van der Waals surface area contributed by atoms with E-state index >= 15 is 0 Å². The van der Waals surface area contributed by atoms with Crippen molar-refractivity contribution in [3.63, 3.8) is 0 Å².